The molecule has 172 valence electrons. The molecular weight excluding hydrogens is 377 g/mol. The monoisotopic (exact) mass is 420 g/mol. The van der Waals surface area contributed by atoms with Gasteiger partial charge in [-0.3, -0.25) is 4.79 Å². The van der Waals surface area contributed by atoms with Crippen LogP contribution in [0.2, 0.25) is 0 Å². The first-order valence-corrected chi connectivity index (χ1v) is 10.7. The van der Waals surface area contributed by atoms with E-state index in [0.717, 1.165) is 5.75 Å². The van der Waals surface area contributed by atoms with E-state index in [-0.39, 0.29) is 12.0 Å². The van der Waals surface area contributed by atoms with Gasteiger partial charge in [0.15, 0.2) is 0 Å². The lowest BCUT2D eigenvalue weighted by Crippen LogP contribution is -2.24. The van der Waals surface area contributed by atoms with Crippen molar-refractivity contribution in [2.45, 2.75) is 94.7 Å². The standard InChI is InChI=1S/C8H9F3O.C8H10O.4C2H6/c1-5-3-2-4-6(5)7(12)8(9,10)11;1-7-3-5-8(9-2)6-4-7;4*1-2/h2-4H2,1H3;3-6H,1-2H3;4*1-2H3. The van der Waals surface area contributed by atoms with Crippen molar-refractivity contribution >= 4 is 5.78 Å². The maximum atomic E-state index is 11.9. The summed E-state index contributed by atoms with van der Waals surface area (Å²) < 4.78 is 40.6. The number of Topliss-reactive ketones (excluding diaryl/α,β-unsaturated/α-hetero) is 1. The van der Waals surface area contributed by atoms with Crippen LogP contribution in [-0.2, 0) is 4.79 Å². The van der Waals surface area contributed by atoms with E-state index < -0.39 is 12.0 Å². The Morgan fingerprint density at radius 1 is 0.828 bits per heavy atom. The summed E-state index contributed by atoms with van der Waals surface area (Å²) in [5.41, 5.74) is 1.83. The van der Waals surface area contributed by atoms with Gasteiger partial charge in [0.2, 0.25) is 0 Å². The molecule has 0 spiro atoms. The minimum absolute atomic E-state index is 0.0255. The molecule has 0 bridgehead atoms. The summed E-state index contributed by atoms with van der Waals surface area (Å²) in [6.45, 7) is 19.6. The minimum Gasteiger partial charge on any atom is -0.497 e. The number of halogens is 3. The van der Waals surface area contributed by atoms with Gasteiger partial charge in [0.1, 0.15) is 5.75 Å². The van der Waals surface area contributed by atoms with Crippen LogP contribution >= 0.6 is 0 Å². The van der Waals surface area contributed by atoms with Gasteiger partial charge >= 0.3 is 6.18 Å². The van der Waals surface area contributed by atoms with Gasteiger partial charge in [0.25, 0.3) is 5.78 Å². The number of rotatable bonds is 2. The average Bonchev–Trinajstić information content (AvgIpc) is 3.19. The molecule has 1 aromatic carbocycles. The van der Waals surface area contributed by atoms with Gasteiger partial charge in [0.05, 0.1) is 7.11 Å². The lowest BCUT2D eigenvalue weighted by Gasteiger charge is -2.06. The first kappa shape index (κ1) is 34.7. The van der Waals surface area contributed by atoms with Crippen LogP contribution in [0.1, 0.15) is 87.1 Å². The number of carbonyl (C=O) groups is 1. The quantitative estimate of drug-likeness (QED) is 0.478. The van der Waals surface area contributed by atoms with Crippen molar-refractivity contribution in [2.24, 2.45) is 0 Å². The lowest BCUT2D eigenvalue weighted by atomic mass is 10.1. The van der Waals surface area contributed by atoms with Crippen molar-refractivity contribution in [3.8, 4) is 5.75 Å². The van der Waals surface area contributed by atoms with Crippen molar-refractivity contribution in [1.82, 2.24) is 0 Å². The molecule has 0 aliphatic heterocycles. The van der Waals surface area contributed by atoms with E-state index in [2.05, 4.69) is 6.92 Å². The van der Waals surface area contributed by atoms with Gasteiger partial charge in [-0.15, -0.1) is 0 Å². The van der Waals surface area contributed by atoms with E-state index in [9.17, 15) is 18.0 Å². The van der Waals surface area contributed by atoms with Crippen LogP contribution in [-0.4, -0.2) is 19.1 Å². The highest BCUT2D eigenvalue weighted by molar-refractivity contribution is 6.00. The van der Waals surface area contributed by atoms with Crippen molar-refractivity contribution in [3.05, 3.63) is 41.0 Å². The van der Waals surface area contributed by atoms with Crippen LogP contribution in [0.4, 0.5) is 13.2 Å². The van der Waals surface area contributed by atoms with Gasteiger partial charge < -0.3 is 4.74 Å². The second-order valence-electron chi connectivity index (χ2n) is 4.96. The molecule has 0 N–H and O–H groups in total. The van der Waals surface area contributed by atoms with Crippen LogP contribution in [0.15, 0.2) is 35.4 Å². The first-order chi connectivity index (χ1) is 13.8. The van der Waals surface area contributed by atoms with Gasteiger partial charge in [-0.1, -0.05) is 78.7 Å². The molecule has 1 aliphatic carbocycles. The molecule has 2 rings (SSSR count). The summed E-state index contributed by atoms with van der Waals surface area (Å²) in [5.74, 6) is -0.738. The highest BCUT2D eigenvalue weighted by Gasteiger charge is 2.41. The third-order valence-corrected chi connectivity index (χ3v) is 3.28. The van der Waals surface area contributed by atoms with E-state index in [0.29, 0.717) is 18.4 Å². The van der Waals surface area contributed by atoms with Crippen molar-refractivity contribution in [3.63, 3.8) is 0 Å². The third-order valence-electron chi connectivity index (χ3n) is 3.28. The molecule has 0 saturated heterocycles. The van der Waals surface area contributed by atoms with E-state index in [1.165, 1.54) is 5.56 Å². The summed E-state index contributed by atoms with van der Waals surface area (Å²) in [7, 11) is 1.67. The highest BCUT2D eigenvalue weighted by Crippen LogP contribution is 2.31. The molecule has 0 heterocycles. The maximum Gasteiger partial charge on any atom is 0.454 e. The second kappa shape index (κ2) is 22.5. The first-order valence-electron chi connectivity index (χ1n) is 10.7. The maximum absolute atomic E-state index is 11.9. The largest absolute Gasteiger partial charge is 0.497 e. The Hall–Kier alpha value is -1.78. The minimum atomic E-state index is -4.69. The zero-order valence-corrected chi connectivity index (χ0v) is 20.4. The number of ketones is 1. The van der Waals surface area contributed by atoms with E-state index in [4.69, 9.17) is 4.74 Å². The van der Waals surface area contributed by atoms with Crippen molar-refractivity contribution in [2.75, 3.05) is 7.11 Å². The number of carbonyl (C=O) groups excluding carboxylic acids is 1. The SMILES string of the molecule is CC.CC.CC.CC.CC1=C(C(=O)C(F)(F)F)CCC1.COc1ccc(C)cc1. The summed E-state index contributed by atoms with van der Waals surface area (Å²) in [6.07, 6.45) is -3.12. The zero-order valence-electron chi connectivity index (χ0n) is 20.4. The summed E-state index contributed by atoms with van der Waals surface area (Å²) >= 11 is 0. The van der Waals surface area contributed by atoms with E-state index in [1.807, 2.05) is 79.7 Å². The molecule has 0 atom stereocenters. The van der Waals surface area contributed by atoms with Gasteiger partial charge in [0, 0.05) is 5.57 Å². The number of aryl methyl sites for hydroxylation is 1. The van der Waals surface area contributed by atoms with Gasteiger partial charge in [-0.05, 0) is 45.2 Å². The van der Waals surface area contributed by atoms with Crippen LogP contribution in [0.3, 0.4) is 0 Å². The molecule has 5 heteroatoms. The van der Waals surface area contributed by atoms with Crippen molar-refractivity contribution in [1.29, 1.82) is 0 Å². The average molecular weight is 421 g/mol. The van der Waals surface area contributed by atoms with Crippen LogP contribution in [0, 0.1) is 6.92 Å². The van der Waals surface area contributed by atoms with Gasteiger partial charge in [-0.2, -0.15) is 13.2 Å². The Bertz CT molecular complexity index is 516. The Morgan fingerprint density at radius 3 is 1.52 bits per heavy atom. The molecule has 0 radical (unpaired) electrons. The number of ether oxygens (including phenoxy) is 1. The van der Waals surface area contributed by atoms with Crippen LogP contribution < -0.4 is 4.74 Å². The number of benzene rings is 1. The molecule has 29 heavy (non-hydrogen) atoms. The normalized spacial score (nSPS) is 11.4. The fourth-order valence-corrected chi connectivity index (χ4v) is 2.05. The third kappa shape index (κ3) is 16.8. The summed E-state index contributed by atoms with van der Waals surface area (Å²) in [4.78, 5) is 10.7. The molecular formula is C24H43F3O2. The number of alkyl halides is 3. The summed E-state index contributed by atoms with van der Waals surface area (Å²) in [6, 6.07) is 7.96. The Kier molecular flexibility index (Phi) is 26.9. The summed E-state index contributed by atoms with van der Waals surface area (Å²) in [5, 5.41) is 0. The molecule has 0 aromatic heterocycles. The molecule has 0 amide bonds. The topological polar surface area (TPSA) is 26.3 Å². The molecule has 2 nitrogen and oxygen atoms in total. The fourth-order valence-electron chi connectivity index (χ4n) is 2.05. The second-order valence-corrected chi connectivity index (χ2v) is 4.96. The molecule has 0 unspecified atom stereocenters. The highest BCUT2D eigenvalue weighted by atomic mass is 19.4. The van der Waals surface area contributed by atoms with Crippen molar-refractivity contribution < 1.29 is 22.7 Å². The predicted octanol–water partition coefficient (Wildman–Crippen LogP) is 8.73. The number of hydrogen-bond donors (Lipinski definition) is 0. The Labute approximate surface area is 177 Å². The molecule has 0 fully saturated rings. The van der Waals surface area contributed by atoms with E-state index in [1.54, 1.807) is 14.0 Å². The molecule has 1 aromatic rings. The zero-order chi connectivity index (χ0) is 24.0. The van der Waals surface area contributed by atoms with Crippen LogP contribution in [0.5, 0.6) is 5.75 Å². The number of methoxy groups -OCH3 is 1. The predicted molar refractivity (Wildman–Crippen MR) is 121 cm³/mol. The van der Waals surface area contributed by atoms with E-state index >= 15 is 0 Å². The Morgan fingerprint density at radius 2 is 1.24 bits per heavy atom. The smallest absolute Gasteiger partial charge is 0.454 e. The number of allylic oxidation sites excluding steroid dienone is 2. The fraction of sp³-hybridized carbons (Fsp3) is 0.625. The van der Waals surface area contributed by atoms with Crippen LogP contribution in [0.25, 0.3) is 0 Å². The number of hydrogen-bond acceptors (Lipinski definition) is 2. The molecule has 0 saturated carbocycles. The Balaban J connectivity index is -0.000000163. The molecule has 1 aliphatic rings. The van der Waals surface area contributed by atoms with Gasteiger partial charge in [-0.25, -0.2) is 0 Å². The lowest BCUT2D eigenvalue weighted by molar-refractivity contribution is -0.166.